The van der Waals surface area contributed by atoms with Crippen LogP contribution in [0.4, 0.5) is 10.9 Å². The minimum atomic E-state index is -0.468. The van der Waals surface area contributed by atoms with Gasteiger partial charge in [-0.2, -0.15) is 4.98 Å². The number of amides is 1. The zero-order valence-corrected chi connectivity index (χ0v) is 18.7. The molecule has 1 saturated heterocycles. The quantitative estimate of drug-likeness (QED) is 0.560. The van der Waals surface area contributed by atoms with Crippen molar-refractivity contribution in [3.8, 4) is 5.88 Å². The fourth-order valence-electron chi connectivity index (χ4n) is 4.63. The minimum absolute atomic E-state index is 0.0684. The molecule has 1 amide bonds. The highest BCUT2D eigenvalue weighted by Gasteiger charge is 2.43. The highest BCUT2D eigenvalue weighted by molar-refractivity contribution is 7.15. The molecular formula is C23H27N5O2S. The van der Waals surface area contributed by atoms with E-state index in [1.807, 2.05) is 20.0 Å². The highest BCUT2D eigenvalue weighted by Crippen LogP contribution is 2.38. The molecule has 1 saturated carbocycles. The first-order valence-electron chi connectivity index (χ1n) is 10.8. The molecule has 3 aromatic rings. The molecule has 8 heteroatoms. The van der Waals surface area contributed by atoms with Crippen LogP contribution in [0.5, 0.6) is 5.88 Å². The topological polar surface area (TPSA) is 72.3 Å². The first-order valence-corrected chi connectivity index (χ1v) is 11.6. The number of fused-ring (bicyclic) bond motifs is 1. The lowest BCUT2D eigenvalue weighted by Crippen LogP contribution is -2.64. The molecule has 3 aromatic heterocycles. The summed E-state index contributed by atoms with van der Waals surface area (Å²) in [6.45, 7) is 8.67. The summed E-state index contributed by atoms with van der Waals surface area (Å²) in [5.74, 6) is 1.25. The molecule has 1 N–H and O–H groups in total. The SMILES string of the molecule is C=CC(=O)N1CC(C)(Oc2nc(Nc3ncc(C)s3)cc3c2ccn3C2CCCC2)C1. The molecule has 162 valence electrons. The number of aromatic nitrogens is 3. The first kappa shape index (κ1) is 20.1. The number of nitrogens with one attached hydrogen (secondary N) is 1. The van der Waals surface area contributed by atoms with E-state index >= 15 is 0 Å². The number of thiazole rings is 1. The Morgan fingerprint density at radius 2 is 2.16 bits per heavy atom. The minimum Gasteiger partial charge on any atom is -0.467 e. The van der Waals surface area contributed by atoms with Gasteiger partial charge < -0.3 is 19.5 Å². The van der Waals surface area contributed by atoms with Crippen LogP contribution in [0, 0.1) is 6.92 Å². The van der Waals surface area contributed by atoms with Crippen LogP contribution in [0.2, 0.25) is 0 Å². The monoisotopic (exact) mass is 437 g/mol. The van der Waals surface area contributed by atoms with Gasteiger partial charge in [0.15, 0.2) is 5.13 Å². The van der Waals surface area contributed by atoms with E-state index in [2.05, 4.69) is 39.8 Å². The van der Waals surface area contributed by atoms with Crippen LogP contribution < -0.4 is 10.1 Å². The Hall–Kier alpha value is -2.87. The standard InChI is InChI=1S/C23H27N5O2S/c1-4-20(29)27-13-23(3,14-27)30-21-17-9-10-28(16-7-5-6-8-16)18(17)11-19(25-21)26-22-24-12-15(2)31-22/h4,9-12,16H,1,5-8,13-14H2,2-3H3,(H,24,25,26). The third kappa shape index (κ3) is 3.80. The van der Waals surface area contributed by atoms with E-state index in [0.717, 1.165) is 26.7 Å². The largest absolute Gasteiger partial charge is 0.467 e. The van der Waals surface area contributed by atoms with E-state index in [4.69, 9.17) is 9.72 Å². The number of likely N-dealkylation sites (tertiary alicyclic amines) is 1. The predicted molar refractivity (Wildman–Crippen MR) is 123 cm³/mol. The summed E-state index contributed by atoms with van der Waals surface area (Å²) in [7, 11) is 0. The van der Waals surface area contributed by atoms with E-state index in [1.165, 1.54) is 31.8 Å². The number of pyridine rings is 1. The maximum atomic E-state index is 11.9. The number of carbonyl (C=O) groups is 1. The van der Waals surface area contributed by atoms with E-state index in [-0.39, 0.29) is 5.91 Å². The van der Waals surface area contributed by atoms with Gasteiger partial charge in [-0.3, -0.25) is 4.79 Å². The van der Waals surface area contributed by atoms with Crippen molar-refractivity contribution >= 4 is 39.1 Å². The molecule has 0 radical (unpaired) electrons. The van der Waals surface area contributed by atoms with Crippen LogP contribution in [0.1, 0.15) is 43.5 Å². The summed E-state index contributed by atoms with van der Waals surface area (Å²) < 4.78 is 8.79. The number of nitrogens with zero attached hydrogens (tertiary/aromatic N) is 4. The van der Waals surface area contributed by atoms with Gasteiger partial charge in [0.05, 0.1) is 24.0 Å². The molecule has 1 aliphatic carbocycles. The number of rotatable bonds is 6. The van der Waals surface area contributed by atoms with E-state index in [9.17, 15) is 4.79 Å². The Morgan fingerprint density at radius 3 is 2.84 bits per heavy atom. The van der Waals surface area contributed by atoms with Gasteiger partial charge in [0.1, 0.15) is 11.4 Å². The average Bonchev–Trinajstić information content (AvgIpc) is 3.46. The van der Waals surface area contributed by atoms with Gasteiger partial charge in [-0.25, -0.2) is 4.98 Å². The van der Waals surface area contributed by atoms with Crippen molar-refractivity contribution in [2.75, 3.05) is 18.4 Å². The normalized spacial score (nSPS) is 18.2. The lowest BCUT2D eigenvalue weighted by atomic mass is 9.96. The predicted octanol–water partition coefficient (Wildman–Crippen LogP) is 4.83. The molecule has 2 fully saturated rings. The summed E-state index contributed by atoms with van der Waals surface area (Å²) in [6.07, 6.45) is 10.3. The van der Waals surface area contributed by atoms with Gasteiger partial charge in [0.2, 0.25) is 11.8 Å². The molecular weight excluding hydrogens is 410 g/mol. The number of hydrogen-bond donors (Lipinski definition) is 1. The van der Waals surface area contributed by atoms with Gasteiger partial charge in [0, 0.05) is 29.4 Å². The zero-order chi connectivity index (χ0) is 21.6. The number of ether oxygens (including phenoxy) is 1. The third-order valence-electron chi connectivity index (χ3n) is 6.14. The molecule has 0 atom stereocenters. The lowest BCUT2D eigenvalue weighted by Gasteiger charge is -2.46. The second-order valence-corrected chi connectivity index (χ2v) is 9.99. The summed E-state index contributed by atoms with van der Waals surface area (Å²) in [5, 5.41) is 5.16. The number of aryl methyl sites for hydroxylation is 1. The van der Waals surface area contributed by atoms with Crippen molar-refractivity contribution < 1.29 is 9.53 Å². The second kappa shape index (κ2) is 7.67. The Labute approximate surface area is 185 Å². The Balaban J connectivity index is 1.49. The van der Waals surface area contributed by atoms with Gasteiger partial charge in [-0.15, -0.1) is 11.3 Å². The second-order valence-electron chi connectivity index (χ2n) is 8.76. The third-order valence-corrected chi connectivity index (χ3v) is 6.96. The Morgan fingerprint density at radius 1 is 1.39 bits per heavy atom. The number of carbonyl (C=O) groups excluding carboxylic acids is 1. The fraction of sp³-hybridized carbons (Fsp3) is 0.435. The van der Waals surface area contributed by atoms with Gasteiger partial charge >= 0.3 is 0 Å². The molecule has 4 heterocycles. The number of anilines is 2. The maximum Gasteiger partial charge on any atom is 0.246 e. The average molecular weight is 438 g/mol. The summed E-state index contributed by atoms with van der Waals surface area (Å²) in [4.78, 5) is 24.0. The zero-order valence-electron chi connectivity index (χ0n) is 17.9. The molecule has 0 bridgehead atoms. The smallest absolute Gasteiger partial charge is 0.246 e. The van der Waals surface area contributed by atoms with Gasteiger partial charge in [0.25, 0.3) is 0 Å². The van der Waals surface area contributed by atoms with Crippen molar-refractivity contribution in [1.82, 2.24) is 19.4 Å². The van der Waals surface area contributed by atoms with Gasteiger partial charge in [-0.1, -0.05) is 19.4 Å². The molecule has 0 unspecified atom stereocenters. The molecule has 5 rings (SSSR count). The van der Waals surface area contributed by atoms with Crippen molar-refractivity contribution in [3.05, 3.63) is 42.1 Å². The van der Waals surface area contributed by atoms with E-state index in [0.29, 0.717) is 25.0 Å². The fourth-order valence-corrected chi connectivity index (χ4v) is 5.30. The lowest BCUT2D eigenvalue weighted by molar-refractivity contribution is -0.143. The molecule has 1 aliphatic heterocycles. The van der Waals surface area contributed by atoms with E-state index < -0.39 is 5.60 Å². The summed E-state index contributed by atoms with van der Waals surface area (Å²) in [5.41, 5.74) is 0.652. The van der Waals surface area contributed by atoms with Crippen molar-refractivity contribution in [2.24, 2.45) is 0 Å². The van der Waals surface area contributed by atoms with Crippen LogP contribution in [-0.2, 0) is 4.79 Å². The molecule has 0 aromatic carbocycles. The summed E-state index contributed by atoms with van der Waals surface area (Å²) >= 11 is 1.60. The first-order chi connectivity index (χ1) is 14.9. The molecule has 7 nitrogen and oxygen atoms in total. The maximum absolute atomic E-state index is 11.9. The van der Waals surface area contributed by atoms with Crippen LogP contribution >= 0.6 is 11.3 Å². The molecule has 31 heavy (non-hydrogen) atoms. The Bertz CT molecular complexity index is 1140. The number of hydrogen-bond acceptors (Lipinski definition) is 6. The van der Waals surface area contributed by atoms with Crippen molar-refractivity contribution in [3.63, 3.8) is 0 Å². The van der Waals surface area contributed by atoms with Crippen LogP contribution in [0.3, 0.4) is 0 Å². The van der Waals surface area contributed by atoms with Gasteiger partial charge in [-0.05, 0) is 38.8 Å². The van der Waals surface area contributed by atoms with Crippen LogP contribution in [-0.4, -0.2) is 44.0 Å². The van der Waals surface area contributed by atoms with Crippen LogP contribution in [0.15, 0.2) is 37.2 Å². The van der Waals surface area contributed by atoms with E-state index in [1.54, 1.807) is 16.2 Å². The summed E-state index contributed by atoms with van der Waals surface area (Å²) in [6, 6.07) is 4.71. The van der Waals surface area contributed by atoms with Crippen molar-refractivity contribution in [2.45, 2.75) is 51.2 Å². The Kier molecular flexibility index (Phi) is 4.97. The van der Waals surface area contributed by atoms with Crippen LogP contribution in [0.25, 0.3) is 10.9 Å². The molecule has 2 aliphatic rings. The highest BCUT2D eigenvalue weighted by atomic mass is 32.1. The van der Waals surface area contributed by atoms with Crippen molar-refractivity contribution in [1.29, 1.82) is 0 Å². The molecule has 0 spiro atoms.